The molecule has 0 fully saturated rings. The first kappa shape index (κ1) is 14.2. The van der Waals surface area contributed by atoms with E-state index in [1.807, 2.05) is 0 Å². The molecule has 6 nitrogen and oxygen atoms in total. The lowest BCUT2D eigenvalue weighted by Crippen LogP contribution is -2.14. The highest BCUT2D eigenvalue weighted by Crippen LogP contribution is 2.41. The standard InChI is InChI=1S/C16H15NO5/c1-4-22-16(21)13-8(3)17-11(19)5-7(2)12-14(17)9(13)6-10(18)15(12)20/h5-6,18,20H,4H2,1-3H3. The van der Waals surface area contributed by atoms with Crippen molar-refractivity contribution in [2.45, 2.75) is 20.8 Å². The molecule has 0 unspecified atom stereocenters. The van der Waals surface area contributed by atoms with E-state index >= 15 is 0 Å². The minimum absolute atomic E-state index is 0.201. The van der Waals surface area contributed by atoms with Crippen molar-refractivity contribution in [2.75, 3.05) is 6.61 Å². The first-order chi connectivity index (χ1) is 10.4. The van der Waals surface area contributed by atoms with Gasteiger partial charge < -0.3 is 14.9 Å². The molecule has 2 aromatic heterocycles. The van der Waals surface area contributed by atoms with E-state index < -0.39 is 5.97 Å². The second-order valence-electron chi connectivity index (χ2n) is 5.20. The molecule has 0 amide bonds. The Balaban J connectivity index is 2.62. The second kappa shape index (κ2) is 4.62. The Bertz CT molecular complexity index is 970. The van der Waals surface area contributed by atoms with Crippen LogP contribution in [0.15, 0.2) is 16.9 Å². The molecule has 3 rings (SSSR count). The van der Waals surface area contributed by atoms with E-state index in [-0.39, 0.29) is 29.2 Å². The minimum Gasteiger partial charge on any atom is -0.504 e. The Morgan fingerprint density at radius 1 is 1.27 bits per heavy atom. The van der Waals surface area contributed by atoms with Crippen LogP contribution >= 0.6 is 0 Å². The SMILES string of the molecule is CCOC(=O)c1c(C)n2c(=O)cc(C)c3c(O)c(O)cc1c32. The van der Waals surface area contributed by atoms with E-state index in [1.54, 1.807) is 20.8 Å². The summed E-state index contributed by atoms with van der Waals surface area (Å²) in [6.45, 7) is 5.20. The van der Waals surface area contributed by atoms with E-state index in [9.17, 15) is 19.8 Å². The van der Waals surface area contributed by atoms with E-state index in [0.717, 1.165) is 0 Å². The minimum atomic E-state index is -0.563. The fraction of sp³-hybridized carbons (Fsp3) is 0.250. The third-order valence-corrected chi connectivity index (χ3v) is 3.88. The van der Waals surface area contributed by atoms with Gasteiger partial charge >= 0.3 is 5.97 Å². The fourth-order valence-corrected chi connectivity index (χ4v) is 2.98. The molecular formula is C16H15NO5. The summed E-state index contributed by atoms with van der Waals surface area (Å²) in [6, 6.07) is 2.65. The number of phenols is 2. The predicted molar refractivity (Wildman–Crippen MR) is 81.1 cm³/mol. The van der Waals surface area contributed by atoms with Gasteiger partial charge in [0.05, 0.1) is 17.7 Å². The Labute approximate surface area is 125 Å². The lowest BCUT2D eigenvalue weighted by atomic mass is 10.0. The monoisotopic (exact) mass is 301 g/mol. The number of aromatic hydroxyl groups is 2. The van der Waals surface area contributed by atoms with Gasteiger partial charge in [-0.15, -0.1) is 0 Å². The number of ether oxygens (including phenoxy) is 1. The van der Waals surface area contributed by atoms with E-state index in [2.05, 4.69) is 0 Å². The number of carbonyl (C=O) groups is 1. The summed E-state index contributed by atoms with van der Waals surface area (Å²) in [5.41, 5.74) is 1.30. The molecule has 6 heteroatoms. The Hall–Kier alpha value is -2.76. The summed E-state index contributed by atoms with van der Waals surface area (Å²) < 4.78 is 6.41. The van der Waals surface area contributed by atoms with Crippen molar-refractivity contribution in [3.05, 3.63) is 39.3 Å². The number of aromatic nitrogens is 1. The summed E-state index contributed by atoms with van der Waals surface area (Å²) in [5, 5.41) is 20.8. The van der Waals surface area contributed by atoms with Crippen LogP contribution in [0.3, 0.4) is 0 Å². The highest BCUT2D eigenvalue weighted by Gasteiger charge is 2.25. The van der Waals surface area contributed by atoms with Crippen molar-refractivity contribution in [3.8, 4) is 11.5 Å². The number of benzene rings is 1. The smallest absolute Gasteiger partial charge is 0.340 e. The number of esters is 1. The van der Waals surface area contributed by atoms with Gasteiger partial charge in [0.25, 0.3) is 5.56 Å². The number of phenolic OH excluding ortho intramolecular Hbond substituents is 2. The maximum atomic E-state index is 12.3. The molecule has 22 heavy (non-hydrogen) atoms. The molecule has 0 saturated heterocycles. The third-order valence-electron chi connectivity index (χ3n) is 3.88. The average molecular weight is 301 g/mol. The third kappa shape index (κ3) is 1.67. The maximum absolute atomic E-state index is 12.3. The van der Waals surface area contributed by atoms with Crippen LogP contribution in [0.1, 0.15) is 28.5 Å². The maximum Gasteiger partial charge on any atom is 0.340 e. The van der Waals surface area contributed by atoms with Crippen molar-refractivity contribution in [3.63, 3.8) is 0 Å². The number of rotatable bonds is 2. The first-order valence-electron chi connectivity index (χ1n) is 6.88. The lowest BCUT2D eigenvalue weighted by Gasteiger charge is -2.08. The van der Waals surface area contributed by atoms with E-state index in [0.29, 0.717) is 27.5 Å². The van der Waals surface area contributed by atoms with Gasteiger partial charge in [-0.3, -0.25) is 9.20 Å². The Morgan fingerprint density at radius 3 is 2.59 bits per heavy atom. The van der Waals surface area contributed by atoms with Gasteiger partial charge in [0.2, 0.25) is 0 Å². The van der Waals surface area contributed by atoms with Gasteiger partial charge in [0.15, 0.2) is 11.5 Å². The lowest BCUT2D eigenvalue weighted by molar-refractivity contribution is 0.0527. The highest BCUT2D eigenvalue weighted by atomic mass is 16.5. The molecule has 0 aliphatic heterocycles. The molecule has 0 spiro atoms. The van der Waals surface area contributed by atoms with Crippen LogP contribution in [0, 0.1) is 13.8 Å². The first-order valence-corrected chi connectivity index (χ1v) is 6.88. The van der Waals surface area contributed by atoms with Crippen LogP contribution in [0.5, 0.6) is 11.5 Å². The van der Waals surface area contributed by atoms with Gasteiger partial charge in [0, 0.05) is 22.5 Å². The predicted octanol–water partition coefficient (Wildman–Crippen LogP) is 2.10. The molecule has 0 saturated carbocycles. The van der Waals surface area contributed by atoms with Crippen molar-refractivity contribution < 1.29 is 19.7 Å². The number of nitrogens with zero attached hydrogens (tertiary/aromatic N) is 1. The topological polar surface area (TPSA) is 88.2 Å². The van der Waals surface area contributed by atoms with Crippen LogP contribution in [-0.2, 0) is 4.74 Å². The van der Waals surface area contributed by atoms with Crippen molar-refractivity contribution in [1.82, 2.24) is 4.40 Å². The van der Waals surface area contributed by atoms with Gasteiger partial charge in [-0.25, -0.2) is 4.79 Å². The van der Waals surface area contributed by atoms with Gasteiger partial charge in [-0.05, 0) is 32.4 Å². The molecular weight excluding hydrogens is 286 g/mol. The second-order valence-corrected chi connectivity index (χ2v) is 5.20. The number of hydrogen-bond donors (Lipinski definition) is 2. The summed E-state index contributed by atoms with van der Waals surface area (Å²) >= 11 is 0. The molecule has 114 valence electrons. The summed E-state index contributed by atoms with van der Waals surface area (Å²) in [5.74, 6) is -1.21. The quantitative estimate of drug-likeness (QED) is 0.559. The number of aryl methyl sites for hydroxylation is 2. The van der Waals surface area contributed by atoms with E-state index in [1.165, 1.54) is 16.5 Å². The van der Waals surface area contributed by atoms with Crippen LogP contribution < -0.4 is 5.56 Å². The summed E-state index contributed by atoms with van der Waals surface area (Å²) in [6.07, 6.45) is 0. The molecule has 0 aliphatic rings. The van der Waals surface area contributed by atoms with Gasteiger partial charge in [-0.1, -0.05) is 0 Å². The molecule has 3 aromatic rings. The zero-order valence-electron chi connectivity index (χ0n) is 12.4. The van der Waals surface area contributed by atoms with Crippen molar-refractivity contribution in [2.24, 2.45) is 0 Å². The largest absolute Gasteiger partial charge is 0.504 e. The Morgan fingerprint density at radius 2 is 1.95 bits per heavy atom. The summed E-state index contributed by atoms with van der Waals surface area (Å²) in [4.78, 5) is 24.5. The van der Waals surface area contributed by atoms with Crippen LogP contribution in [0.2, 0.25) is 0 Å². The molecule has 2 heterocycles. The van der Waals surface area contributed by atoms with E-state index in [4.69, 9.17) is 4.74 Å². The van der Waals surface area contributed by atoms with Crippen molar-refractivity contribution in [1.29, 1.82) is 0 Å². The normalized spacial score (nSPS) is 11.4. The molecule has 0 bridgehead atoms. The van der Waals surface area contributed by atoms with Crippen molar-refractivity contribution >= 4 is 22.3 Å². The highest BCUT2D eigenvalue weighted by molar-refractivity contribution is 6.13. The fourth-order valence-electron chi connectivity index (χ4n) is 2.98. The molecule has 0 radical (unpaired) electrons. The number of carbonyl (C=O) groups excluding carboxylic acids is 1. The molecule has 0 aliphatic carbocycles. The molecule has 2 N–H and O–H groups in total. The van der Waals surface area contributed by atoms with Crippen LogP contribution in [0.25, 0.3) is 16.3 Å². The molecule has 1 aromatic carbocycles. The van der Waals surface area contributed by atoms with Crippen LogP contribution in [0.4, 0.5) is 0 Å². The number of pyridine rings is 1. The van der Waals surface area contributed by atoms with Gasteiger partial charge in [0.1, 0.15) is 0 Å². The van der Waals surface area contributed by atoms with Crippen LogP contribution in [-0.4, -0.2) is 27.2 Å². The number of hydrogen-bond acceptors (Lipinski definition) is 5. The van der Waals surface area contributed by atoms with Gasteiger partial charge in [-0.2, -0.15) is 0 Å². The summed E-state index contributed by atoms with van der Waals surface area (Å²) in [7, 11) is 0. The zero-order chi connectivity index (χ0) is 16.2. The molecule has 0 atom stereocenters. The zero-order valence-corrected chi connectivity index (χ0v) is 12.4. The average Bonchev–Trinajstić information content (AvgIpc) is 2.71. The Kier molecular flexibility index (Phi) is 2.98.